The Morgan fingerprint density at radius 1 is 1.28 bits per heavy atom. The van der Waals surface area contributed by atoms with E-state index >= 15 is 0 Å². The smallest absolute Gasteiger partial charge is 0.407 e. The van der Waals surface area contributed by atoms with Crippen molar-refractivity contribution in [1.29, 1.82) is 0 Å². The highest BCUT2D eigenvalue weighted by molar-refractivity contribution is 5.79. The number of amides is 2. The van der Waals surface area contributed by atoms with Crippen LogP contribution in [0.25, 0.3) is 0 Å². The molecule has 7 nitrogen and oxygen atoms in total. The van der Waals surface area contributed by atoms with Crippen LogP contribution in [-0.2, 0) is 14.3 Å². The molecule has 0 aromatic carbocycles. The number of carbonyl (C=O) groups excluding carboxylic acids is 2. The second-order valence-electron chi connectivity index (χ2n) is 9.02. The average molecular weight is 356 g/mol. The minimum Gasteiger partial charge on any atom is -0.481 e. The van der Waals surface area contributed by atoms with Crippen LogP contribution >= 0.6 is 0 Å². The first-order valence-electron chi connectivity index (χ1n) is 8.71. The molecule has 1 aliphatic rings. The van der Waals surface area contributed by atoms with Crippen molar-refractivity contribution < 1.29 is 24.2 Å². The molecular weight excluding hydrogens is 324 g/mol. The lowest BCUT2D eigenvalue weighted by Gasteiger charge is -2.43. The Hall–Kier alpha value is -1.79. The second-order valence-corrected chi connectivity index (χ2v) is 9.02. The topological polar surface area (TPSA) is 95.9 Å². The first-order chi connectivity index (χ1) is 11.2. The molecule has 1 aliphatic heterocycles. The molecule has 1 fully saturated rings. The van der Waals surface area contributed by atoms with Gasteiger partial charge >= 0.3 is 12.1 Å². The maximum absolute atomic E-state index is 12.4. The predicted octanol–water partition coefficient (Wildman–Crippen LogP) is 2.64. The van der Waals surface area contributed by atoms with Gasteiger partial charge in [0.1, 0.15) is 5.60 Å². The monoisotopic (exact) mass is 356 g/mol. The fourth-order valence-corrected chi connectivity index (χ4v) is 3.36. The van der Waals surface area contributed by atoms with Crippen molar-refractivity contribution in [1.82, 2.24) is 10.2 Å². The maximum Gasteiger partial charge on any atom is 0.407 e. The lowest BCUT2D eigenvalue weighted by Crippen LogP contribution is -2.59. The lowest BCUT2D eigenvalue weighted by atomic mass is 9.80. The van der Waals surface area contributed by atoms with Crippen molar-refractivity contribution >= 4 is 18.0 Å². The third-order valence-corrected chi connectivity index (χ3v) is 4.05. The van der Waals surface area contributed by atoms with Gasteiger partial charge in [0.2, 0.25) is 5.91 Å². The van der Waals surface area contributed by atoms with Crippen LogP contribution in [0.15, 0.2) is 0 Å². The average Bonchev–Trinajstić information content (AvgIpc) is 2.62. The number of aliphatic carboxylic acids is 1. The van der Waals surface area contributed by atoms with Gasteiger partial charge in [-0.1, -0.05) is 27.7 Å². The minimum absolute atomic E-state index is 0.00574. The molecule has 0 bridgehead atoms. The maximum atomic E-state index is 12.4. The van der Waals surface area contributed by atoms with Gasteiger partial charge in [-0.2, -0.15) is 0 Å². The van der Waals surface area contributed by atoms with Crippen molar-refractivity contribution in [3.63, 3.8) is 0 Å². The number of alkyl carbamates (subject to hydrolysis) is 1. The number of nitrogens with one attached hydrogen (secondary N) is 1. The number of ether oxygens (including phenoxy) is 1. The van der Waals surface area contributed by atoms with Gasteiger partial charge in [0.25, 0.3) is 0 Å². The summed E-state index contributed by atoms with van der Waals surface area (Å²) in [5, 5.41) is 12.0. The molecule has 2 N–H and O–H groups in total. The van der Waals surface area contributed by atoms with Crippen LogP contribution in [0.5, 0.6) is 0 Å². The van der Waals surface area contributed by atoms with E-state index in [1.165, 1.54) is 0 Å². The minimum atomic E-state index is -1.03. The molecule has 1 heterocycles. The van der Waals surface area contributed by atoms with Crippen LogP contribution in [0.3, 0.4) is 0 Å². The lowest BCUT2D eigenvalue weighted by molar-refractivity contribution is -0.140. The molecule has 0 aromatic heterocycles. The molecule has 0 spiro atoms. The van der Waals surface area contributed by atoms with Gasteiger partial charge in [-0.25, -0.2) is 4.79 Å². The van der Waals surface area contributed by atoms with E-state index in [1.807, 2.05) is 27.7 Å². The number of hydrogen-bond donors (Lipinski definition) is 2. The standard InChI is InChI=1S/C18H32N2O5/c1-11-8-13(21)20(10-11)15(17(2,3)4)12(9-14(22)23)19-16(24)25-18(5,6)7/h11-12,15H,8-10H2,1-7H3,(H,19,24)(H,22,23)/t11?,12-,15?/m0/s1. The highest BCUT2D eigenvalue weighted by Gasteiger charge is 2.44. The van der Waals surface area contributed by atoms with Gasteiger partial charge in [0, 0.05) is 13.0 Å². The SMILES string of the molecule is CC1CC(=O)N(C([C@H](CC(=O)O)NC(=O)OC(C)(C)C)C(C)(C)C)C1. The molecule has 7 heteroatoms. The molecule has 2 amide bonds. The number of carboxylic acids is 1. The van der Waals surface area contributed by atoms with E-state index in [4.69, 9.17) is 4.74 Å². The molecular formula is C18H32N2O5. The van der Waals surface area contributed by atoms with Crippen molar-refractivity contribution in [2.75, 3.05) is 6.54 Å². The highest BCUT2D eigenvalue weighted by atomic mass is 16.6. The number of rotatable bonds is 5. The number of nitrogens with zero attached hydrogens (tertiary/aromatic N) is 1. The molecule has 3 atom stereocenters. The molecule has 0 aliphatic carbocycles. The first-order valence-corrected chi connectivity index (χ1v) is 8.71. The van der Waals surface area contributed by atoms with E-state index in [-0.39, 0.29) is 18.2 Å². The quantitative estimate of drug-likeness (QED) is 0.789. The van der Waals surface area contributed by atoms with Gasteiger partial charge in [0.05, 0.1) is 18.5 Å². The van der Waals surface area contributed by atoms with E-state index in [0.717, 1.165) is 0 Å². The zero-order valence-corrected chi connectivity index (χ0v) is 16.4. The third kappa shape index (κ3) is 6.55. The van der Waals surface area contributed by atoms with Crippen LogP contribution in [-0.4, -0.2) is 52.2 Å². The Bertz CT molecular complexity index is 519. The summed E-state index contributed by atoms with van der Waals surface area (Å²) < 4.78 is 5.28. The Kier molecular flexibility index (Phi) is 6.48. The van der Waals surface area contributed by atoms with E-state index in [9.17, 15) is 19.5 Å². The summed E-state index contributed by atoms with van der Waals surface area (Å²) in [4.78, 5) is 37.7. The summed E-state index contributed by atoms with van der Waals surface area (Å²) in [6.07, 6.45) is -0.509. The van der Waals surface area contributed by atoms with Gasteiger partial charge in [0.15, 0.2) is 0 Å². The first kappa shape index (κ1) is 21.3. The van der Waals surface area contributed by atoms with Gasteiger partial charge in [-0.15, -0.1) is 0 Å². The van der Waals surface area contributed by atoms with E-state index in [2.05, 4.69) is 5.32 Å². The van der Waals surface area contributed by atoms with E-state index in [1.54, 1.807) is 25.7 Å². The van der Waals surface area contributed by atoms with Gasteiger partial charge in [-0.05, 0) is 32.1 Å². The van der Waals surface area contributed by atoms with Crippen LogP contribution in [0.2, 0.25) is 0 Å². The Balaban J connectivity index is 3.11. The second kappa shape index (κ2) is 7.62. The zero-order valence-electron chi connectivity index (χ0n) is 16.4. The Morgan fingerprint density at radius 3 is 2.20 bits per heavy atom. The molecule has 25 heavy (non-hydrogen) atoms. The number of carboxylic acid groups (broad SMARTS) is 1. The van der Waals surface area contributed by atoms with Crippen molar-refractivity contribution in [3.05, 3.63) is 0 Å². The highest BCUT2D eigenvalue weighted by Crippen LogP contribution is 2.33. The number of hydrogen-bond acceptors (Lipinski definition) is 4. The summed E-state index contributed by atoms with van der Waals surface area (Å²) >= 11 is 0. The Morgan fingerprint density at radius 2 is 1.84 bits per heavy atom. The number of carbonyl (C=O) groups is 3. The van der Waals surface area contributed by atoms with E-state index in [0.29, 0.717) is 13.0 Å². The Labute approximate surface area is 150 Å². The zero-order chi connectivity index (χ0) is 19.6. The fraction of sp³-hybridized carbons (Fsp3) is 0.833. The molecule has 0 radical (unpaired) electrons. The van der Waals surface area contributed by atoms with Crippen LogP contribution < -0.4 is 5.32 Å². The fourth-order valence-electron chi connectivity index (χ4n) is 3.36. The van der Waals surface area contributed by atoms with Crippen LogP contribution in [0.1, 0.15) is 61.3 Å². The van der Waals surface area contributed by atoms with E-state index < -0.39 is 35.2 Å². The van der Waals surface area contributed by atoms with Crippen molar-refractivity contribution in [2.45, 2.75) is 79.0 Å². The predicted molar refractivity (Wildman–Crippen MR) is 94.1 cm³/mol. The molecule has 1 saturated heterocycles. The number of likely N-dealkylation sites (tertiary alicyclic amines) is 1. The van der Waals surface area contributed by atoms with Crippen molar-refractivity contribution in [2.24, 2.45) is 11.3 Å². The normalized spacial score (nSPS) is 21.0. The van der Waals surface area contributed by atoms with Gasteiger partial charge < -0.3 is 20.1 Å². The summed E-state index contributed by atoms with van der Waals surface area (Å²) in [6, 6.07) is -1.17. The summed E-state index contributed by atoms with van der Waals surface area (Å²) in [5.41, 5.74) is -1.10. The van der Waals surface area contributed by atoms with Crippen LogP contribution in [0.4, 0.5) is 4.79 Å². The molecule has 144 valence electrons. The molecule has 0 saturated carbocycles. The summed E-state index contributed by atoms with van der Waals surface area (Å²) in [5.74, 6) is -0.826. The third-order valence-electron chi connectivity index (χ3n) is 4.05. The van der Waals surface area contributed by atoms with Gasteiger partial charge in [-0.3, -0.25) is 9.59 Å². The largest absolute Gasteiger partial charge is 0.481 e. The molecule has 2 unspecified atom stereocenters. The van der Waals surface area contributed by atoms with Crippen LogP contribution in [0, 0.1) is 11.3 Å². The molecule has 1 rings (SSSR count). The molecule has 0 aromatic rings. The summed E-state index contributed by atoms with van der Waals surface area (Å²) in [6.45, 7) is 13.6. The summed E-state index contributed by atoms with van der Waals surface area (Å²) in [7, 11) is 0. The van der Waals surface area contributed by atoms with Crippen molar-refractivity contribution in [3.8, 4) is 0 Å².